The first-order valence-electron chi connectivity index (χ1n) is 9.74. The van der Waals surface area contributed by atoms with E-state index in [1.54, 1.807) is 19.1 Å². The van der Waals surface area contributed by atoms with Crippen molar-refractivity contribution in [2.24, 2.45) is 0 Å². The van der Waals surface area contributed by atoms with Crippen LogP contribution in [0.2, 0.25) is 0 Å². The fraction of sp³-hybridized carbons (Fsp3) is 0.304. The molecule has 0 bridgehead atoms. The average Bonchev–Trinajstić information content (AvgIpc) is 3.03. The molecule has 2 aromatic carbocycles. The molecular formula is C23H25NO4S2. The Morgan fingerprint density at radius 1 is 1.07 bits per heavy atom. The van der Waals surface area contributed by atoms with Crippen LogP contribution in [0, 0.1) is 0 Å². The van der Waals surface area contributed by atoms with Gasteiger partial charge in [-0.05, 0) is 54.3 Å². The van der Waals surface area contributed by atoms with Gasteiger partial charge in [-0.1, -0.05) is 49.1 Å². The predicted molar refractivity (Wildman–Crippen MR) is 125 cm³/mol. The van der Waals surface area contributed by atoms with Gasteiger partial charge in [0.2, 0.25) is 0 Å². The second-order valence-electron chi connectivity index (χ2n) is 6.69. The van der Waals surface area contributed by atoms with Crippen LogP contribution < -0.4 is 14.2 Å². The van der Waals surface area contributed by atoms with Crippen LogP contribution in [0.4, 0.5) is 0 Å². The van der Waals surface area contributed by atoms with Crippen LogP contribution in [0.5, 0.6) is 17.2 Å². The van der Waals surface area contributed by atoms with Crippen molar-refractivity contribution < 1.29 is 19.0 Å². The van der Waals surface area contributed by atoms with Crippen molar-refractivity contribution >= 4 is 40.3 Å². The molecular weight excluding hydrogens is 418 g/mol. The van der Waals surface area contributed by atoms with E-state index in [9.17, 15) is 4.79 Å². The highest BCUT2D eigenvalue weighted by molar-refractivity contribution is 8.26. The molecule has 0 radical (unpaired) electrons. The molecule has 0 N–H and O–H groups in total. The molecule has 1 aliphatic rings. The summed E-state index contributed by atoms with van der Waals surface area (Å²) in [6.07, 6.45) is 3.51. The van der Waals surface area contributed by atoms with Gasteiger partial charge in [-0.2, -0.15) is 0 Å². The molecule has 2 aromatic rings. The van der Waals surface area contributed by atoms with Crippen molar-refractivity contribution in [3.8, 4) is 17.2 Å². The monoisotopic (exact) mass is 443 g/mol. The van der Waals surface area contributed by atoms with E-state index >= 15 is 0 Å². The Kier molecular flexibility index (Phi) is 7.76. The van der Waals surface area contributed by atoms with E-state index in [-0.39, 0.29) is 5.91 Å². The number of carbonyl (C=O) groups excluding carboxylic acids is 1. The number of nitrogens with zero attached hydrogens (tertiary/aromatic N) is 1. The van der Waals surface area contributed by atoms with Gasteiger partial charge in [-0.3, -0.25) is 9.69 Å². The number of methoxy groups -OCH3 is 2. The lowest BCUT2D eigenvalue weighted by Gasteiger charge is -2.15. The molecule has 158 valence electrons. The molecule has 3 rings (SSSR count). The summed E-state index contributed by atoms with van der Waals surface area (Å²) in [6, 6.07) is 13.5. The number of amides is 1. The van der Waals surface area contributed by atoms with Crippen molar-refractivity contribution in [1.29, 1.82) is 0 Å². The number of carbonyl (C=O) groups is 1. The molecule has 5 nitrogen and oxygen atoms in total. The summed E-state index contributed by atoms with van der Waals surface area (Å²) < 4.78 is 16.8. The zero-order valence-electron chi connectivity index (χ0n) is 17.3. The highest BCUT2D eigenvalue weighted by Gasteiger charge is 2.31. The maximum absolute atomic E-state index is 12.9. The molecule has 1 saturated heterocycles. The molecule has 7 heteroatoms. The third kappa shape index (κ3) is 5.34. The summed E-state index contributed by atoms with van der Waals surface area (Å²) >= 11 is 6.78. The summed E-state index contributed by atoms with van der Waals surface area (Å²) in [5.41, 5.74) is 1.99. The summed E-state index contributed by atoms with van der Waals surface area (Å²) in [5.74, 6) is 2.13. The van der Waals surface area contributed by atoms with Gasteiger partial charge in [0.1, 0.15) is 10.1 Å². The number of rotatable bonds is 9. The standard InChI is InChI=1S/C23H25NO4S2/c1-4-13-28-18-8-5-16(6-9-18)15-21-22(25)24(23(29)30-21)12-11-17-7-10-19(26-2)20(14-17)27-3/h5-10,14-15H,4,11-13H2,1-3H3. The molecule has 30 heavy (non-hydrogen) atoms. The lowest BCUT2D eigenvalue weighted by atomic mass is 10.1. The molecule has 0 saturated carbocycles. The molecule has 0 aromatic heterocycles. The maximum Gasteiger partial charge on any atom is 0.266 e. The fourth-order valence-corrected chi connectivity index (χ4v) is 4.31. The van der Waals surface area contributed by atoms with Gasteiger partial charge < -0.3 is 14.2 Å². The first-order chi connectivity index (χ1) is 14.5. The quantitative estimate of drug-likeness (QED) is 0.404. The topological polar surface area (TPSA) is 48.0 Å². The smallest absolute Gasteiger partial charge is 0.266 e. The van der Waals surface area contributed by atoms with E-state index < -0.39 is 0 Å². The van der Waals surface area contributed by atoms with Crippen LogP contribution in [-0.4, -0.2) is 42.5 Å². The number of thiocarbonyl (C=S) groups is 1. The Balaban J connectivity index is 1.65. The second-order valence-corrected chi connectivity index (χ2v) is 8.37. The lowest BCUT2D eigenvalue weighted by molar-refractivity contribution is -0.122. The largest absolute Gasteiger partial charge is 0.494 e. The highest BCUT2D eigenvalue weighted by Crippen LogP contribution is 2.33. The summed E-state index contributed by atoms with van der Waals surface area (Å²) in [7, 11) is 3.21. The van der Waals surface area contributed by atoms with Gasteiger partial charge in [-0.25, -0.2) is 0 Å². The van der Waals surface area contributed by atoms with Gasteiger partial charge in [-0.15, -0.1) is 0 Å². The Morgan fingerprint density at radius 3 is 2.47 bits per heavy atom. The highest BCUT2D eigenvalue weighted by atomic mass is 32.2. The number of hydrogen-bond donors (Lipinski definition) is 0. The number of thioether (sulfide) groups is 1. The zero-order chi connectivity index (χ0) is 21.5. The minimum atomic E-state index is -0.0585. The molecule has 0 unspecified atom stereocenters. The summed E-state index contributed by atoms with van der Waals surface area (Å²) in [6.45, 7) is 3.28. The minimum Gasteiger partial charge on any atom is -0.494 e. The zero-order valence-corrected chi connectivity index (χ0v) is 19.0. The second kappa shape index (κ2) is 10.5. The third-order valence-electron chi connectivity index (χ3n) is 4.60. The van der Waals surface area contributed by atoms with E-state index in [1.165, 1.54) is 11.8 Å². The Labute approximate surface area is 187 Å². The van der Waals surface area contributed by atoms with Crippen LogP contribution in [0.15, 0.2) is 47.4 Å². The number of ether oxygens (including phenoxy) is 3. The molecule has 0 aliphatic carbocycles. The SMILES string of the molecule is CCCOc1ccc(C=C2SC(=S)N(CCc3ccc(OC)c(OC)c3)C2=O)cc1. The van der Waals surface area contributed by atoms with Gasteiger partial charge in [0, 0.05) is 6.54 Å². The van der Waals surface area contributed by atoms with Gasteiger partial charge >= 0.3 is 0 Å². The molecule has 1 amide bonds. The summed E-state index contributed by atoms with van der Waals surface area (Å²) in [5, 5.41) is 0. The van der Waals surface area contributed by atoms with E-state index in [1.807, 2.05) is 48.5 Å². The first-order valence-corrected chi connectivity index (χ1v) is 11.0. The van der Waals surface area contributed by atoms with Crippen LogP contribution in [-0.2, 0) is 11.2 Å². The average molecular weight is 444 g/mol. The van der Waals surface area contributed by atoms with E-state index in [2.05, 4.69) is 6.92 Å². The van der Waals surface area contributed by atoms with Crippen LogP contribution in [0.25, 0.3) is 6.08 Å². The fourth-order valence-electron chi connectivity index (χ4n) is 3.00. The first kappa shape index (κ1) is 22.2. The van der Waals surface area contributed by atoms with Crippen LogP contribution in [0.1, 0.15) is 24.5 Å². The Bertz CT molecular complexity index is 941. The number of hydrogen-bond acceptors (Lipinski definition) is 6. The molecule has 1 fully saturated rings. The summed E-state index contributed by atoms with van der Waals surface area (Å²) in [4.78, 5) is 15.1. The van der Waals surface area contributed by atoms with Gasteiger partial charge in [0.15, 0.2) is 11.5 Å². The molecule has 0 atom stereocenters. The van der Waals surface area contributed by atoms with Gasteiger partial charge in [0.05, 0.1) is 25.7 Å². The minimum absolute atomic E-state index is 0.0585. The van der Waals surface area contributed by atoms with Gasteiger partial charge in [0.25, 0.3) is 5.91 Å². The Hall–Kier alpha value is -2.51. The van der Waals surface area contributed by atoms with Crippen molar-refractivity contribution in [3.63, 3.8) is 0 Å². The van der Waals surface area contributed by atoms with E-state index in [0.29, 0.717) is 40.3 Å². The normalized spacial score (nSPS) is 15.0. The molecule has 1 aliphatic heterocycles. The van der Waals surface area contributed by atoms with Crippen molar-refractivity contribution in [2.45, 2.75) is 19.8 Å². The van der Waals surface area contributed by atoms with E-state index in [4.69, 9.17) is 26.4 Å². The van der Waals surface area contributed by atoms with Crippen molar-refractivity contribution in [1.82, 2.24) is 4.90 Å². The van der Waals surface area contributed by atoms with Crippen LogP contribution in [0.3, 0.4) is 0 Å². The predicted octanol–water partition coefficient (Wildman–Crippen LogP) is 4.94. The van der Waals surface area contributed by atoms with Crippen LogP contribution >= 0.6 is 24.0 Å². The molecule has 0 spiro atoms. The third-order valence-corrected chi connectivity index (χ3v) is 5.97. The lowest BCUT2D eigenvalue weighted by Crippen LogP contribution is -2.30. The van der Waals surface area contributed by atoms with Crippen molar-refractivity contribution in [2.75, 3.05) is 27.4 Å². The molecule has 1 heterocycles. The number of benzene rings is 2. The maximum atomic E-state index is 12.9. The van der Waals surface area contributed by atoms with E-state index in [0.717, 1.165) is 23.3 Å². The Morgan fingerprint density at radius 2 is 1.80 bits per heavy atom. The van der Waals surface area contributed by atoms with Crippen molar-refractivity contribution in [3.05, 3.63) is 58.5 Å².